The molecule has 0 saturated heterocycles. The highest BCUT2D eigenvalue weighted by molar-refractivity contribution is 5.99. The normalized spacial score (nSPS) is 20.5. The van der Waals surface area contributed by atoms with Gasteiger partial charge in [0.05, 0.1) is 17.0 Å². The third-order valence-corrected chi connectivity index (χ3v) is 3.42. The zero-order chi connectivity index (χ0) is 10.4. The van der Waals surface area contributed by atoms with Gasteiger partial charge in [-0.3, -0.25) is 9.48 Å². The molecule has 2 aliphatic rings. The molecular weight excluding hydrogens is 188 g/mol. The van der Waals surface area contributed by atoms with Crippen molar-refractivity contribution in [3.05, 3.63) is 17.0 Å². The number of aryl methyl sites for hydroxylation is 2. The Morgan fingerprint density at radius 2 is 2.20 bits per heavy atom. The molecule has 15 heavy (non-hydrogen) atoms. The van der Waals surface area contributed by atoms with E-state index in [1.807, 2.05) is 0 Å². The minimum absolute atomic E-state index is 0.331. The average molecular weight is 204 g/mol. The van der Waals surface area contributed by atoms with Gasteiger partial charge in [0.25, 0.3) is 0 Å². The van der Waals surface area contributed by atoms with Crippen LogP contribution in [-0.4, -0.2) is 15.6 Å². The number of nitrogens with zero attached hydrogens (tertiary/aromatic N) is 2. The first-order valence-corrected chi connectivity index (χ1v) is 5.94. The van der Waals surface area contributed by atoms with E-state index in [-0.39, 0.29) is 0 Å². The zero-order valence-electron chi connectivity index (χ0n) is 9.12. The third-order valence-electron chi connectivity index (χ3n) is 3.42. The fourth-order valence-electron chi connectivity index (χ4n) is 2.56. The third kappa shape index (κ3) is 1.33. The largest absolute Gasteiger partial charge is 0.294 e. The van der Waals surface area contributed by atoms with Crippen LogP contribution in [0.2, 0.25) is 0 Å². The van der Waals surface area contributed by atoms with Crippen molar-refractivity contribution in [3.63, 3.8) is 0 Å². The maximum atomic E-state index is 11.9. The lowest BCUT2D eigenvalue weighted by molar-refractivity contribution is 0.0971. The summed E-state index contributed by atoms with van der Waals surface area (Å²) in [4.78, 5) is 11.9. The van der Waals surface area contributed by atoms with Gasteiger partial charge in [-0.2, -0.15) is 5.10 Å². The molecule has 3 nitrogen and oxygen atoms in total. The standard InChI is InChI=1S/C12H16N2O/c1-2-14-12(8-6-7-8)11-9(13-14)4-3-5-10(11)15/h8H,2-7H2,1H3. The molecule has 2 aliphatic carbocycles. The Hall–Kier alpha value is -1.12. The molecule has 80 valence electrons. The van der Waals surface area contributed by atoms with E-state index >= 15 is 0 Å². The van der Waals surface area contributed by atoms with E-state index in [0.29, 0.717) is 11.7 Å². The zero-order valence-corrected chi connectivity index (χ0v) is 9.12. The van der Waals surface area contributed by atoms with Gasteiger partial charge in [0.1, 0.15) is 0 Å². The summed E-state index contributed by atoms with van der Waals surface area (Å²) in [5.74, 6) is 0.959. The van der Waals surface area contributed by atoms with Gasteiger partial charge < -0.3 is 0 Å². The first kappa shape index (κ1) is 9.13. The first-order valence-electron chi connectivity index (χ1n) is 5.94. The number of Topliss-reactive ketones (excluding diaryl/α,β-unsaturated/α-hetero) is 1. The van der Waals surface area contributed by atoms with Crippen LogP contribution in [0.4, 0.5) is 0 Å². The number of ketones is 1. The number of rotatable bonds is 2. The lowest BCUT2D eigenvalue weighted by Crippen LogP contribution is -2.11. The van der Waals surface area contributed by atoms with Crippen molar-refractivity contribution in [2.45, 2.75) is 51.5 Å². The number of hydrogen-bond donors (Lipinski definition) is 0. The highest BCUT2D eigenvalue weighted by Crippen LogP contribution is 2.43. The molecule has 0 bridgehead atoms. The molecule has 1 fully saturated rings. The van der Waals surface area contributed by atoms with Crippen LogP contribution < -0.4 is 0 Å². The van der Waals surface area contributed by atoms with Crippen molar-refractivity contribution in [2.24, 2.45) is 0 Å². The van der Waals surface area contributed by atoms with Gasteiger partial charge in [0, 0.05) is 18.9 Å². The molecule has 0 atom stereocenters. The number of hydrogen-bond acceptors (Lipinski definition) is 2. The Bertz CT molecular complexity index is 416. The van der Waals surface area contributed by atoms with Crippen LogP contribution in [0.15, 0.2) is 0 Å². The molecule has 1 heterocycles. The van der Waals surface area contributed by atoms with Gasteiger partial charge in [0.15, 0.2) is 5.78 Å². The number of aromatic nitrogens is 2. The topological polar surface area (TPSA) is 34.9 Å². The van der Waals surface area contributed by atoms with Crippen molar-refractivity contribution in [2.75, 3.05) is 0 Å². The lowest BCUT2D eigenvalue weighted by atomic mass is 9.93. The van der Waals surface area contributed by atoms with E-state index in [2.05, 4.69) is 16.7 Å². The second kappa shape index (κ2) is 3.19. The summed E-state index contributed by atoms with van der Waals surface area (Å²) < 4.78 is 2.06. The highest BCUT2D eigenvalue weighted by Gasteiger charge is 2.35. The molecule has 0 spiro atoms. The summed E-state index contributed by atoms with van der Waals surface area (Å²) in [6, 6.07) is 0. The number of carbonyl (C=O) groups excluding carboxylic acids is 1. The molecule has 1 aromatic heterocycles. The van der Waals surface area contributed by atoms with Gasteiger partial charge in [-0.25, -0.2) is 0 Å². The molecule has 3 rings (SSSR count). The molecule has 0 aliphatic heterocycles. The van der Waals surface area contributed by atoms with Gasteiger partial charge in [-0.15, -0.1) is 0 Å². The molecule has 0 aromatic carbocycles. The second-order valence-electron chi connectivity index (χ2n) is 4.57. The quantitative estimate of drug-likeness (QED) is 0.741. The monoisotopic (exact) mass is 204 g/mol. The highest BCUT2D eigenvalue weighted by atomic mass is 16.1. The average Bonchev–Trinajstić information content (AvgIpc) is 2.99. The summed E-state index contributed by atoms with van der Waals surface area (Å²) in [5, 5.41) is 4.58. The molecule has 0 radical (unpaired) electrons. The van der Waals surface area contributed by atoms with E-state index in [9.17, 15) is 4.79 Å². The van der Waals surface area contributed by atoms with Gasteiger partial charge in [-0.05, 0) is 32.6 Å². The van der Waals surface area contributed by atoms with Crippen molar-refractivity contribution in [1.29, 1.82) is 0 Å². The van der Waals surface area contributed by atoms with E-state index in [4.69, 9.17) is 0 Å². The Morgan fingerprint density at radius 1 is 1.40 bits per heavy atom. The van der Waals surface area contributed by atoms with Crippen LogP contribution in [0.1, 0.15) is 60.3 Å². The van der Waals surface area contributed by atoms with Gasteiger partial charge in [0.2, 0.25) is 0 Å². The maximum absolute atomic E-state index is 11.9. The Balaban J connectivity index is 2.16. The lowest BCUT2D eigenvalue weighted by Gasteiger charge is -2.09. The Labute approximate surface area is 89.5 Å². The van der Waals surface area contributed by atoms with Crippen LogP contribution in [0.5, 0.6) is 0 Å². The fourth-order valence-corrected chi connectivity index (χ4v) is 2.56. The number of fused-ring (bicyclic) bond motifs is 1. The number of carbonyl (C=O) groups is 1. The molecule has 1 saturated carbocycles. The van der Waals surface area contributed by atoms with Gasteiger partial charge in [-0.1, -0.05) is 0 Å². The second-order valence-corrected chi connectivity index (χ2v) is 4.57. The van der Waals surface area contributed by atoms with Crippen molar-refractivity contribution in [3.8, 4) is 0 Å². The molecule has 0 N–H and O–H groups in total. The molecule has 3 heteroatoms. The smallest absolute Gasteiger partial charge is 0.166 e. The molecule has 1 aromatic rings. The minimum Gasteiger partial charge on any atom is -0.294 e. The Kier molecular flexibility index (Phi) is 1.94. The van der Waals surface area contributed by atoms with Crippen molar-refractivity contribution >= 4 is 5.78 Å². The summed E-state index contributed by atoms with van der Waals surface area (Å²) in [6.45, 7) is 3.00. The first-order chi connectivity index (χ1) is 7.31. The Morgan fingerprint density at radius 3 is 2.87 bits per heavy atom. The molecule has 0 amide bonds. The van der Waals surface area contributed by atoms with Crippen LogP contribution in [0.3, 0.4) is 0 Å². The summed E-state index contributed by atoms with van der Waals surface area (Å²) in [7, 11) is 0. The van der Waals surface area contributed by atoms with E-state index < -0.39 is 0 Å². The fraction of sp³-hybridized carbons (Fsp3) is 0.667. The summed E-state index contributed by atoms with van der Waals surface area (Å²) >= 11 is 0. The van der Waals surface area contributed by atoms with Crippen LogP contribution in [-0.2, 0) is 13.0 Å². The molecule has 0 unspecified atom stereocenters. The predicted molar refractivity (Wildman–Crippen MR) is 57.1 cm³/mol. The van der Waals surface area contributed by atoms with Crippen molar-refractivity contribution < 1.29 is 4.79 Å². The van der Waals surface area contributed by atoms with Crippen molar-refractivity contribution in [1.82, 2.24) is 9.78 Å². The van der Waals surface area contributed by atoms with Crippen LogP contribution in [0.25, 0.3) is 0 Å². The SMILES string of the molecule is CCn1nc2c(c1C1CC1)C(=O)CCC2. The maximum Gasteiger partial charge on any atom is 0.166 e. The molecular formula is C12H16N2O. The van der Waals surface area contributed by atoms with Crippen LogP contribution in [0, 0.1) is 0 Å². The predicted octanol–water partition coefficient (Wildman–Crippen LogP) is 2.30. The van der Waals surface area contributed by atoms with Gasteiger partial charge >= 0.3 is 0 Å². The summed E-state index contributed by atoms with van der Waals surface area (Å²) in [6.07, 6.45) is 5.18. The summed E-state index contributed by atoms with van der Waals surface area (Å²) in [5.41, 5.74) is 3.30. The minimum atomic E-state index is 0.331. The van der Waals surface area contributed by atoms with E-state index in [1.54, 1.807) is 0 Å². The van der Waals surface area contributed by atoms with Crippen LogP contribution >= 0.6 is 0 Å². The van der Waals surface area contributed by atoms with E-state index in [1.165, 1.54) is 18.5 Å². The van der Waals surface area contributed by atoms with E-state index in [0.717, 1.165) is 37.1 Å².